The van der Waals surface area contributed by atoms with Gasteiger partial charge in [0, 0.05) is 13.1 Å². The molecule has 2 rings (SSSR count). The van der Waals surface area contributed by atoms with Crippen LogP contribution in [0, 0.1) is 0 Å². The van der Waals surface area contributed by atoms with Crippen molar-refractivity contribution in [1.29, 1.82) is 0 Å². The van der Waals surface area contributed by atoms with Gasteiger partial charge in [0.2, 0.25) is 5.91 Å². The summed E-state index contributed by atoms with van der Waals surface area (Å²) < 4.78 is 0. The fraction of sp³-hybridized carbons (Fsp3) is 0.438. The minimum absolute atomic E-state index is 0. The number of nitrogens with one attached hydrogen (secondary N) is 2. The van der Waals surface area contributed by atoms with Gasteiger partial charge in [-0.25, -0.2) is 0 Å². The molecule has 4 heteroatoms. The molecule has 2 N–H and O–H groups in total. The minimum Gasteiger partial charge on any atom is -0.352 e. The molecule has 1 aliphatic heterocycles. The lowest BCUT2D eigenvalue weighted by atomic mass is 9.83. The van der Waals surface area contributed by atoms with Gasteiger partial charge in [-0.05, 0) is 32.4 Å². The normalized spacial score (nSPS) is 15.0. The number of carbonyl (C=O) groups is 1. The maximum absolute atomic E-state index is 12.4. The predicted molar refractivity (Wildman–Crippen MR) is 85.3 cm³/mol. The van der Waals surface area contributed by atoms with Crippen molar-refractivity contribution in [2.75, 3.05) is 19.6 Å². The van der Waals surface area contributed by atoms with Gasteiger partial charge in [-0.3, -0.25) is 4.79 Å². The first-order valence-corrected chi connectivity index (χ1v) is 6.83. The molecule has 0 bridgehead atoms. The van der Waals surface area contributed by atoms with Crippen molar-refractivity contribution in [3.63, 3.8) is 0 Å². The Morgan fingerprint density at radius 2 is 2.00 bits per heavy atom. The van der Waals surface area contributed by atoms with Gasteiger partial charge in [-0.15, -0.1) is 12.4 Å². The molecule has 0 fully saturated rings. The van der Waals surface area contributed by atoms with Gasteiger partial charge in [0.25, 0.3) is 0 Å². The van der Waals surface area contributed by atoms with E-state index in [1.54, 1.807) is 0 Å². The molecule has 1 heterocycles. The van der Waals surface area contributed by atoms with E-state index in [-0.39, 0.29) is 18.3 Å². The van der Waals surface area contributed by atoms with Crippen LogP contribution in [-0.2, 0) is 10.2 Å². The molecule has 0 spiro atoms. The summed E-state index contributed by atoms with van der Waals surface area (Å²) in [6.07, 6.45) is 3.19. The third-order valence-electron chi connectivity index (χ3n) is 3.70. The molecule has 0 aliphatic carbocycles. The SMILES string of the molecule is CC(C)(C(=O)NCC1=CCNCC1)c1ccccc1.Cl. The van der Waals surface area contributed by atoms with Gasteiger partial charge in [-0.2, -0.15) is 0 Å². The predicted octanol–water partition coefficient (Wildman–Crippen LogP) is 2.42. The van der Waals surface area contributed by atoms with Crippen LogP contribution in [0.5, 0.6) is 0 Å². The molecular weight excluding hydrogens is 272 g/mol. The van der Waals surface area contributed by atoms with Gasteiger partial charge in [0.1, 0.15) is 0 Å². The number of hydrogen-bond acceptors (Lipinski definition) is 2. The van der Waals surface area contributed by atoms with E-state index in [4.69, 9.17) is 0 Å². The van der Waals surface area contributed by atoms with Crippen molar-refractivity contribution in [1.82, 2.24) is 10.6 Å². The average Bonchev–Trinajstić information content (AvgIpc) is 2.46. The Hall–Kier alpha value is -1.32. The highest BCUT2D eigenvalue weighted by molar-refractivity contribution is 5.87. The summed E-state index contributed by atoms with van der Waals surface area (Å²) in [6, 6.07) is 9.92. The van der Waals surface area contributed by atoms with Crippen molar-refractivity contribution in [3.8, 4) is 0 Å². The van der Waals surface area contributed by atoms with Crippen LogP contribution >= 0.6 is 12.4 Å². The molecule has 0 aromatic heterocycles. The van der Waals surface area contributed by atoms with Crippen molar-refractivity contribution in [2.24, 2.45) is 0 Å². The van der Waals surface area contributed by atoms with Crippen molar-refractivity contribution in [2.45, 2.75) is 25.7 Å². The first kappa shape index (κ1) is 16.7. The zero-order valence-electron chi connectivity index (χ0n) is 12.1. The molecule has 110 valence electrons. The third kappa shape index (κ3) is 4.09. The van der Waals surface area contributed by atoms with Gasteiger partial charge in [0.15, 0.2) is 0 Å². The molecule has 1 amide bonds. The van der Waals surface area contributed by atoms with Gasteiger partial charge >= 0.3 is 0 Å². The molecule has 3 nitrogen and oxygen atoms in total. The summed E-state index contributed by atoms with van der Waals surface area (Å²) in [5, 5.41) is 6.33. The van der Waals surface area contributed by atoms with E-state index < -0.39 is 5.41 Å². The number of hydrogen-bond donors (Lipinski definition) is 2. The second-order valence-corrected chi connectivity index (χ2v) is 5.49. The Morgan fingerprint density at radius 3 is 2.60 bits per heavy atom. The third-order valence-corrected chi connectivity index (χ3v) is 3.70. The number of carbonyl (C=O) groups excluding carboxylic acids is 1. The Labute approximate surface area is 127 Å². The quantitative estimate of drug-likeness (QED) is 0.838. The van der Waals surface area contributed by atoms with Gasteiger partial charge < -0.3 is 10.6 Å². The molecule has 20 heavy (non-hydrogen) atoms. The smallest absolute Gasteiger partial charge is 0.230 e. The Kier molecular flexibility index (Phi) is 6.24. The summed E-state index contributed by atoms with van der Waals surface area (Å²) >= 11 is 0. The Balaban J connectivity index is 0.00000200. The number of rotatable bonds is 4. The molecule has 0 radical (unpaired) electrons. The zero-order valence-corrected chi connectivity index (χ0v) is 12.9. The number of amides is 1. The van der Waals surface area contributed by atoms with Crippen molar-refractivity contribution >= 4 is 18.3 Å². The Bertz CT molecular complexity index is 469. The highest BCUT2D eigenvalue weighted by atomic mass is 35.5. The molecule has 0 unspecified atom stereocenters. The maximum Gasteiger partial charge on any atom is 0.230 e. The van der Waals surface area contributed by atoms with Crippen LogP contribution in [-0.4, -0.2) is 25.5 Å². The monoisotopic (exact) mass is 294 g/mol. The fourth-order valence-corrected chi connectivity index (χ4v) is 2.23. The lowest BCUT2D eigenvalue weighted by Gasteiger charge is -2.25. The topological polar surface area (TPSA) is 41.1 Å². The average molecular weight is 295 g/mol. The standard InChI is InChI=1S/C16H22N2O.ClH/c1-16(2,14-6-4-3-5-7-14)15(19)18-12-13-8-10-17-11-9-13;/h3-8,17H,9-12H2,1-2H3,(H,18,19);1H. The fourth-order valence-electron chi connectivity index (χ4n) is 2.23. The maximum atomic E-state index is 12.4. The van der Waals surface area contributed by atoms with Crippen LogP contribution in [0.3, 0.4) is 0 Å². The number of halogens is 1. The minimum atomic E-state index is -0.491. The molecule has 0 saturated heterocycles. The van der Waals surface area contributed by atoms with E-state index in [2.05, 4.69) is 16.7 Å². The van der Waals surface area contributed by atoms with Crippen molar-refractivity contribution < 1.29 is 4.79 Å². The Morgan fingerprint density at radius 1 is 1.30 bits per heavy atom. The van der Waals surface area contributed by atoms with Crippen LogP contribution in [0.2, 0.25) is 0 Å². The van der Waals surface area contributed by atoms with E-state index in [1.807, 2.05) is 44.2 Å². The molecule has 0 saturated carbocycles. The van der Waals surface area contributed by atoms with Crippen LogP contribution in [0.25, 0.3) is 0 Å². The van der Waals surface area contributed by atoms with Gasteiger partial charge in [-0.1, -0.05) is 42.0 Å². The highest BCUT2D eigenvalue weighted by Gasteiger charge is 2.29. The van der Waals surface area contributed by atoms with Crippen molar-refractivity contribution in [3.05, 3.63) is 47.5 Å². The summed E-state index contributed by atoms with van der Waals surface area (Å²) in [6.45, 7) is 6.51. The van der Waals surface area contributed by atoms with E-state index >= 15 is 0 Å². The van der Waals surface area contributed by atoms with Crippen LogP contribution in [0.1, 0.15) is 25.8 Å². The molecule has 1 aliphatic rings. The van der Waals surface area contributed by atoms with Crippen LogP contribution < -0.4 is 10.6 Å². The molecule has 0 atom stereocenters. The van der Waals surface area contributed by atoms with E-state index in [9.17, 15) is 4.79 Å². The highest BCUT2D eigenvalue weighted by Crippen LogP contribution is 2.23. The lowest BCUT2D eigenvalue weighted by Crippen LogP contribution is -2.41. The summed E-state index contributed by atoms with van der Waals surface area (Å²) in [5.74, 6) is 0.0816. The summed E-state index contributed by atoms with van der Waals surface area (Å²) in [5.41, 5.74) is 1.87. The van der Waals surface area contributed by atoms with Gasteiger partial charge in [0.05, 0.1) is 5.41 Å². The van der Waals surface area contributed by atoms with E-state index in [0.717, 1.165) is 25.1 Å². The summed E-state index contributed by atoms with van der Waals surface area (Å²) in [4.78, 5) is 12.4. The van der Waals surface area contributed by atoms with Crippen LogP contribution in [0.4, 0.5) is 0 Å². The van der Waals surface area contributed by atoms with E-state index in [0.29, 0.717) is 6.54 Å². The van der Waals surface area contributed by atoms with E-state index in [1.165, 1.54) is 5.57 Å². The first-order valence-electron chi connectivity index (χ1n) is 6.83. The molecule has 1 aromatic carbocycles. The summed E-state index contributed by atoms with van der Waals surface area (Å²) in [7, 11) is 0. The zero-order chi connectivity index (χ0) is 13.7. The second-order valence-electron chi connectivity index (χ2n) is 5.49. The number of benzene rings is 1. The molecular formula is C16H23ClN2O. The first-order chi connectivity index (χ1) is 9.10. The second kappa shape index (κ2) is 7.46. The lowest BCUT2D eigenvalue weighted by molar-refractivity contribution is -0.125. The molecule has 1 aromatic rings. The largest absolute Gasteiger partial charge is 0.352 e. The van der Waals surface area contributed by atoms with Crippen LogP contribution in [0.15, 0.2) is 42.0 Å².